The minimum absolute atomic E-state index is 0. The number of hydrogen-bond donors (Lipinski definition) is 1. The number of fused-ring (bicyclic) bond motifs is 1. The minimum Gasteiger partial charge on any atom is -0.147 e. The molecule has 0 spiro atoms. The van der Waals surface area contributed by atoms with Crippen molar-refractivity contribution in [3.63, 3.8) is 0 Å². The van der Waals surface area contributed by atoms with Gasteiger partial charge < -0.3 is 0 Å². The van der Waals surface area contributed by atoms with Gasteiger partial charge in [0.2, 0.25) is 0 Å². The molecule has 0 aromatic heterocycles. The molecule has 0 saturated carbocycles. The van der Waals surface area contributed by atoms with E-state index in [2.05, 4.69) is 28.2 Å². The van der Waals surface area contributed by atoms with Crippen LogP contribution in [-0.2, 0) is 29.2 Å². The summed E-state index contributed by atoms with van der Waals surface area (Å²) in [6, 6.07) is 18.8. The zero-order valence-corrected chi connectivity index (χ0v) is 22.1. The van der Waals surface area contributed by atoms with Gasteiger partial charge in [-0.15, -0.1) is 12.4 Å². The van der Waals surface area contributed by atoms with Crippen LogP contribution in [0.5, 0.6) is 11.5 Å². The fourth-order valence-electron chi connectivity index (χ4n) is 3.99. The van der Waals surface area contributed by atoms with Crippen LogP contribution in [0.2, 0.25) is 0 Å². The first-order valence-electron chi connectivity index (χ1n) is 10.5. The van der Waals surface area contributed by atoms with Crippen LogP contribution in [0, 0.1) is 0 Å². The summed E-state index contributed by atoms with van der Waals surface area (Å²) >= 11 is 2.67. The first kappa shape index (κ1) is 25.6. The van der Waals surface area contributed by atoms with Gasteiger partial charge in [-0.05, 0) is 0 Å². The summed E-state index contributed by atoms with van der Waals surface area (Å²) in [4.78, 5) is 0.486. The number of halogens is 1. The van der Waals surface area contributed by atoms with Gasteiger partial charge in [0.15, 0.2) is 0 Å². The molecule has 0 bridgehead atoms. The molecule has 0 saturated heterocycles. The number of rotatable bonds is 7. The van der Waals surface area contributed by atoms with Crippen LogP contribution >= 0.6 is 12.4 Å². The van der Waals surface area contributed by atoms with Crippen molar-refractivity contribution < 1.29 is 17.9 Å². The number of ether oxygens (including phenoxy) is 2. The maximum atomic E-state index is 13.4. The molecule has 174 valence electrons. The summed E-state index contributed by atoms with van der Waals surface area (Å²) in [6.07, 6.45) is 1.68. The average molecular weight is 548 g/mol. The Morgan fingerprint density at radius 1 is 1.00 bits per heavy atom. The van der Waals surface area contributed by atoms with Crippen molar-refractivity contribution >= 4 is 39.1 Å². The standard InChI is InChI=1S/C25H26AsNO4S.ClH/c1-30-21-5-3-4-17(12-21)13-23(26)18-6-8-22(9-7-18)32(28,29)25-15-20-16-27-11-10-19(20)14-24(25)31-2;/h3-9,12,14-15,23,27H,10-11,13,16H2,1-2H3;1H. The van der Waals surface area contributed by atoms with E-state index in [-0.39, 0.29) is 26.9 Å². The van der Waals surface area contributed by atoms with Gasteiger partial charge in [0.1, 0.15) is 0 Å². The van der Waals surface area contributed by atoms with Gasteiger partial charge in [-0.25, -0.2) is 0 Å². The van der Waals surface area contributed by atoms with Crippen molar-refractivity contribution in [1.82, 2.24) is 5.32 Å². The molecular weight excluding hydrogens is 521 g/mol. The molecule has 1 heterocycles. The number of nitrogens with one attached hydrogen (secondary N) is 1. The predicted molar refractivity (Wildman–Crippen MR) is 133 cm³/mol. The summed E-state index contributed by atoms with van der Waals surface area (Å²) in [5.74, 6) is 1.23. The molecular formula is C25H27AsClNO4S. The number of sulfone groups is 1. The van der Waals surface area contributed by atoms with Crippen LogP contribution in [-0.4, -0.2) is 46.0 Å². The van der Waals surface area contributed by atoms with Gasteiger partial charge >= 0.3 is 199 Å². The van der Waals surface area contributed by atoms with E-state index in [0.29, 0.717) is 12.3 Å². The third-order valence-electron chi connectivity index (χ3n) is 5.80. The first-order chi connectivity index (χ1) is 15.4. The molecule has 1 N–H and O–H groups in total. The maximum Gasteiger partial charge on any atom is -0.147 e. The molecule has 5 nitrogen and oxygen atoms in total. The van der Waals surface area contributed by atoms with E-state index in [4.69, 9.17) is 9.47 Å². The summed E-state index contributed by atoms with van der Waals surface area (Å²) < 4.78 is 37.8. The van der Waals surface area contributed by atoms with E-state index in [1.165, 1.54) is 12.7 Å². The maximum absolute atomic E-state index is 13.4. The predicted octanol–water partition coefficient (Wildman–Crippen LogP) is 4.06. The molecule has 1 unspecified atom stereocenters. The summed E-state index contributed by atoms with van der Waals surface area (Å²) in [5.41, 5.74) is 4.38. The molecule has 3 aromatic carbocycles. The van der Waals surface area contributed by atoms with Gasteiger partial charge in [0.25, 0.3) is 0 Å². The fourth-order valence-corrected chi connectivity index (χ4v) is 6.25. The van der Waals surface area contributed by atoms with Crippen LogP contribution < -0.4 is 14.8 Å². The van der Waals surface area contributed by atoms with E-state index < -0.39 is 9.84 Å². The van der Waals surface area contributed by atoms with Crippen molar-refractivity contribution in [3.8, 4) is 11.5 Å². The van der Waals surface area contributed by atoms with Crippen molar-refractivity contribution in [3.05, 3.63) is 82.9 Å². The van der Waals surface area contributed by atoms with E-state index in [0.717, 1.165) is 41.8 Å². The van der Waals surface area contributed by atoms with E-state index in [1.54, 1.807) is 25.3 Å². The molecule has 8 heteroatoms. The second-order valence-electron chi connectivity index (χ2n) is 7.84. The quantitative estimate of drug-likeness (QED) is 0.452. The van der Waals surface area contributed by atoms with Crippen LogP contribution in [0.1, 0.15) is 27.0 Å². The van der Waals surface area contributed by atoms with Crippen LogP contribution in [0.15, 0.2) is 70.5 Å². The molecule has 33 heavy (non-hydrogen) atoms. The van der Waals surface area contributed by atoms with Crippen LogP contribution in [0.3, 0.4) is 0 Å². The SMILES string of the molecule is COc1cccc(CC([As])c2ccc(S(=O)(=O)c3cc4c(cc3OC)CCNC4)cc2)c1.Cl. The van der Waals surface area contributed by atoms with Crippen LogP contribution in [0.4, 0.5) is 0 Å². The van der Waals surface area contributed by atoms with E-state index >= 15 is 0 Å². The second kappa shape index (κ2) is 11.0. The van der Waals surface area contributed by atoms with Gasteiger partial charge in [-0.3, -0.25) is 0 Å². The summed E-state index contributed by atoms with van der Waals surface area (Å²) in [6.45, 7) is 1.55. The zero-order chi connectivity index (χ0) is 22.7. The monoisotopic (exact) mass is 547 g/mol. The van der Waals surface area contributed by atoms with Gasteiger partial charge in [0, 0.05) is 0 Å². The zero-order valence-electron chi connectivity index (χ0n) is 18.6. The minimum atomic E-state index is -3.70. The molecule has 3 aromatic rings. The second-order valence-corrected chi connectivity index (χ2v) is 11.1. The molecule has 1 aliphatic rings. The third-order valence-corrected chi connectivity index (χ3v) is 8.60. The number of hydrogen-bond acceptors (Lipinski definition) is 5. The van der Waals surface area contributed by atoms with Crippen molar-refractivity contribution in [2.24, 2.45) is 0 Å². The normalized spacial score (nSPS) is 14.0. The molecule has 0 aliphatic carbocycles. The van der Waals surface area contributed by atoms with Crippen molar-refractivity contribution in [1.29, 1.82) is 0 Å². The molecule has 1 atom stereocenters. The van der Waals surface area contributed by atoms with Crippen molar-refractivity contribution in [2.45, 2.75) is 33.9 Å². The number of benzene rings is 3. The average Bonchev–Trinajstić information content (AvgIpc) is 2.83. The van der Waals surface area contributed by atoms with Crippen LogP contribution in [0.25, 0.3) is 0 Å². The summed E-state index contributed by atoms with van der Waals surface area (Å²) in [7, 11) is -0.524. The first-order valence-corrected chi connectivity index (χ1v) is 13.1. The Morgan fingerprint density at radius 2 is 1.76 bits per heavy atom. The van der Waals surface area contributed by atoms with Gasteiger partial charge in [-0.1, -0.05) is 0 Å². The Hall–Kier alpha value is -1.98. The fraction of sp³-hybridized carbons (Fsp3) is 0.280. The summed E-state index contributed by atoms with van der Waals surface area (Å²) in [5, 5.41) is 3.30. The Labute approximate surface area is 210 Å². The topological polar surface area (TPSA) is 64.6 Å². The van der Waals surface area contributed by atoms with Gasteiger partial charge in [0.05, 0.1) is 0 Å². The molecule has 2 radical (unpaired) electrons. The molecule has 0 fully saturated rings. The smallest absolute Gasteiger partial charge is 0.147 e. The Kier molecular flexibility index (Phi) is 8.52. The van der Waals surface area contributed by atoms with E-state index in [1.807, 2.05) is 36.4 Å². The third kappa shape index (κ3) is 5.57. The Bertz CT molecular complexity index is 1220. The van der Waals surface area contributed by atoms with Crippen molar-refractivity contribution in [2.75, 3.05) is 20.8 Å². The van der Waals surface area contributed by atoms with Gasteiger partial charge in [-0.2, -0.15) is 0 Å². The Balaban J connectivity index is 0.00000306. The molecule has 0 amide bonds. The molecule has 4 rings (SSSR count). The number of methoxy groups -OCH3 is 2. The largest absolute Gasteiger partial charge is 0.147 e. The van der Waals surface area contributed by atoms with E-state index in [9.17, 15) is 8.42 Å². The Morgan fingerprint density at radius 3 is 2.45 bits per heavy atom. The molecule has 1 aliphatic heterocycles.